The molecule has 0 aromatic heterocycles. The Hall–Kier alpha value is -2.16. The fourth-order valence-corrected chi connectivity index (χ4v) is 2.65. The number of ether oxygens (including phenoxy) is 1. The fourth-order valence-electron chi connectivity index (χ4n) is 2.65. The van der Waals surface area contributed by atoms with Gasteiger partial charge in [0, 0.05) is 33.5 Å². The number of carbonyl (C=O) groups is 4. The molecule has 0 aromatic carbocycles. The first-order chi connectivity index (χ1) is 11.8. The van der Waals surface area contributed by atoms with Crippen LogP contribution in [0.4, 0.5) is 0 Å². The maximum Gasteiger partial charge on any atom is 0.242 e. The van der Waals surface area contributed by atoms with Crippen molar-refractivity contribution in [3.05, 3.63) is 0 Å². The Morgan fingerprint density at radius 1 is 1.24 bits per heavy atom. The van der Waals surface area contributed by atoms with E-state index in [0.717, 1.165) is 6.42 Å². The maximum absolute atomic E-state index is 12.4. The van der Waals surface area contributed by atoms with Crippen LogP contribution in [0.25, 0.3) is 0 Å². The monoisotopic (exact) mass is 356 g/mol. The van der Waals surface area contributed by atoms with Crippen LogP contribution in [0.1, 0.15) is 33.6 Å². The molecule has 3 unspecified atom stereocenters. The molecular formula is C16H28N4O5. The van der Waals surface area contributed by atoms with Gasteiger partial charge in [0.1, 0.15) is 12.1 Å². The Morgan fingerprint density at radius 2 is 1.92 bits per heavy atom. The summed E-state index contributed by atoms with van der Waals surface area (Å²) in [6, 6.07) is -1.34. The van der Waals surface area contributed by atoms with E-state index in [-0.39, 0.29) is 30.4 Å². The minimum Gasteiger partial charge on any atom is -0.380 e. The van der Waals surface area contributed by atoms with Crippen LogP contribution in [0.2, 0.25) is 0 Å². The quantitative estimate of drug-likeness (QED) is 0.503. The van der Waals surface area contributed by atoms with E-state index in [9.17, 15) is 19.2 Å². The highest BCUT2D eigenvalue weighted by atomic mass is 16.5. The van der Waals surface area contributed by atoms with Crippen molar-refractivity contribution in [2.24, 2.45) is 0 Å². The van der Waals surface area contributed by atoms with E-state index < -0.39 is 18.0 Å². The highest BCUT2D eigenvalue weighted by Crippen LogP contribution is 2.20. The Morgan fingerprint density at radius 3 is 2.48 bits per heavy atom. The van der Waals surface area contributed by atoms with Gasteiger partial charge in [-0.3, -0.25) is 19.2 Å². The molecule has 3 atom stereocenters. The zero-order valence-electron chi connectivity index (χ0n) is 15.3. The van der Waals surface area contributed by atoms with Crippen molar-refractivity contribution >= 4 is 23.6 Å². The highest BCUT2D eigenvalue weighted by molar-refractivity contribution is 5.92. The Balaban J connectivity index is 2.62. The van der Waals surface area contributed by atoms with Crippen LogP contribution < -0.4 is 16.0 Å². The van der Waals surface area contributed by atoms with E-state index >= 15 is 0 Å². The number of hydrogen-bond acceptors (Lipinski definition) is 5. The molecule has 1 rings (SSSR count). The molecule has 0 bridgehead atoms. The van der Waals surface area contributed by atoms with Crippen LogP contribution in [-0.2, 0) is 23.9 Å². The van der Waals surface area contributed by atoms with Gasteiger partial charge in [-0.15, -0.1) is 0 Å². The molecule has 9 heteroatoms. The van der Waals surface area contributed by atoms with E-state index in [2.05, 4.69) is 16.0 Å². The van der Waals surface area contributed by atoms with E-state index in [1.54, 1.807) is 0 Å². The molecule has 0 radical (unpaired) electrons. The van der Waals surface area contributed by atoms with Crippen LogP contribution in [0, 0.1) is 0 Å². The van der Waals surface area contributed by atoms with Crippen LogP contribution >= 0.6 is 0 Å². The second kappa shape index (κ2) is 9.97. The molecule has 0 spiro atoms. The molecule has 25 heavy (non-hydrogen) atoms. The lowest BCUT2D eigenvalue weighted by atomic mass is 10.2. The van der Waals surface area contributed by atoms with Crippen molar-refractivity contribution in [1.29, 1.82) is 0 Å². The van der Waals surface area contributed by atoms with Crippen molar-refractivity contribution in [3.63, 3.8) is 0 Å². The van der Waals surface area contributed by atoms with Gasteiger partial charge < -0.3 is 25.6 Å². The smallest absolute Gasteiger partial charge is 0.242 e. The van der Waals surface area contributed by atoms with Gasteiger partial charge in [0.25, 0.3) is 0 Å². The number of rotatable bonds is 8. The summed E-state index contributed by atoms with van der Waals surface area (Å²) < 4.78 is 5.28. The number of carbonyl (C=O) groups excluding carboxylic acids is 4. The molecular weight excluding hydrogens is 328 g/mol. The Kier molecular flexibility index (Phi) is 8.33. The normalized spacial score (nSPS) is 20.7. The van der Waals surface area contributed by atoms with Gasteiger partial charge in [0.2, 0.25) is 23.6 Å². The minimum absolute atomic E-state index is 0.213. The summed E-state index contributed by atoms with van der Waals surface area (Å²) in [4.78, 5) is 48.9. The third-order valence-electron chi connectivity index (χ3n) is 4.00. The SMILES string of the molecule is CCCNC(=O)C1CC(OC)CN1C(=O)CNC(=O)C(C)NC(C)=O. The molecule has 3 N–H and O–H groups in total. The number of nitrogens with zero attached hydrogens (tertiary/aromatic N) is 1. The summed E-state index contributed by atoms with van der Waals surface area (Å²) in [6.07, 6.45) is 1.01. The van der Waals surface area contributed by atoms with Crippen LogP contribution in [-0.4, -0.2) is 73.5 Å². The third kappa shape index (κ3) is 6.33. The lowest BCUT2D eigenvalue weighted by Gasteiger charge is -2.24. The summed E-state index contributed by atoms with van der Waals surface area (Å²) in [6.45, 7) is 5.39. The molecule has 1 aliphatic heterocycles. The largest absolute Gasteiger partial charge is 0.380 e. The maximum atomic E-state index is 12.4. The molecule has 142 valence electrons. The first kappa shape index (κ1) is 20.9. The van der Waals surface area contributed by atoms with Crippen molar-refractivity contribution in [2.45, 2.75) is 51.8 Å². The summed E-state index contributed by atoms with van der Waals surface area (Å²) in [5.74, 6) is -1.37. The lowest BCUT2D eigenvalue weighted by Crippen LogP contribution is -2.51. The van der Waals surface area contributed by atoms with Gasteiger partial charge in [0.15, 0.2) is 0 Å². The van der Waals surface area contributed by atoms with Gasteiger partial charge >= 0.3 is 0 Å². The summed E-state index contributed by atoms with van der Waals surface area (Å²) in [5.41, 5.74) is 0. The number of nitrogens with one attached hydrogen (secondary N) is 3. The molecule has 4 amide bonds. The molecule has 1 saturated heterocycles. The van der Waals surface area contributed by atoms with Crippen molar-refractivity contribution < 1.29 is 23.9 Å². The number of methoxy groups -OCH3 is 1. The third-order valence-corrected chi connectivity index (χ3v) is 4.00. The van der Waals surface area contributed by atoms with Crippen LogP contribution in [0.5, 0.6) is 0 Å². The van der Waals surface area contributed by atoms with Gasteiger partial charge in [-0.1, -0.05) is 6.92 Å². The summed E-state index contributed by atoms with van der Waals surface area (Å²) in [5, 5.41) is 7.71. The van der Waals surface area contributed by atoms with Crippen molar-refractivity contribution in [1.82, 2.24) is 20.9 Å². The predicted octanol–water partition coefficient (Wildman–Crippen LogP) is -1.23. The van der Waals surface area contributed by atoms with E-state index in [0.29, 0.717) is 19.5 Å². The molecule has 1 heterocycles. The summed E-state index contributed by atoms with van der Waals surface area (Å²) in [7, 11) is 1.54. The van der Waals surface area contributed by atoms with Crippen LogP contribution in [0.15, 0.2) is 0 Å². The van der Waals surface area contributed by atoms with Crippen LogP contribution in [0.3, 0.4) is 0 Å². The minimum atomic E-state index is -0.737. The van der Waals surface area contributed by atoms with Crippen molar-refractivity contribution in [2.75, 3.05) is 26.7 Å². The number of amides is 4. The molecule has 0 saturated carbocycles. The second-order valence-corrected chi connectivity index (χ2v) is 6.09. The highest BCUT2D eigenvalue weighted by Gasteiger charge is 2.39. The molecule has 1 fully saturated rings. The topological polar surface area (TPSA) is 117 Å². The zero-order chi connectivity index (χ0) is 19.0. The molecule has 9 nitrogen and oxygen atoms in total. The lowest BCUT2D eigenvalue weighted by molar-refractivity contribution is -0.139. The Labute approximate surface area is 147 Å². The van der Waals surface area contributed by atoms with Crippen molar-refractivity contribution in [3.8, 4) is 0 Å². The first-order valence-electron chi connectivity index (χ1n) is 8.44. The first-order valence-corrected chi connectivity index (χ1v) is 8.44. The zero-order valence-corrected chi connectivity index (χ0v) is 15.3. The van der Waals surface area contributed by atoms with Gasteiger partial charge in [-0.2, -0.15) is 0 Å². The van der Waals surface area contributed by atoms with Gasteiger partial charge in [0.05, 0.1) is 12.6 Å². The Bertz CT molecular complexity index is 511. The predicted molar refractivity (Wildman–Crippen MR) is 90.5 cm³/mol. The van der Waals surface area contributed by atoms with E-state index in [4.69, 9.17) is 4.74 Å². The van der Waals surface area contributed by atoms with E-state index in [1.165, 1.54) is 25.9 Å². The number of likely N-dealkylation sites (tertiary alicyclic amines) is 1. The number of hydrogen-bond donors (Lipinski definition) is 3. The molecule has 0 aromatic rings. The van der Waals surface area contributed by atoms with Gasteiger partial charge in [-0.05, 0) is 13.3 Å². The fraction of sp³-hybridized carbons (Fsp3) is 0.750. The standard InChI is InChI=1S/C16H28N4O5/c1-5-6-17-16(24)13-7-12(25-4)9-20(13)14(22)8-18-15(23)10(2)19-11(3)21/h10,12-13H,5-9H2,1-4H3,(H,17,24)(H,18,23)(H,19,21). The molecule has 0 aliphatic carbocycles. The second-order valence-electron chi connectivity index (χ2n) is 6.09. The van der Waals surface area contributed by atoms with Gasteiger partial charge in [-0.25, -0.2) is 0 Å². The average molecular weight is 356 g/mol. The molecule has 1 aliphatic rings. The van der Waals surface area contributed by atoms with E-state index in [1.807, 2.05) is 6.92 Å². The summed E-state index contributed by atoms with van der Waals surface area (Å²) >= 11 is 0. The average Bonchev–Trinajstić information content (AvgIpc) is 3.01.